The second-order valence-corrected chi connectivity index (χ2v) is 8.33. The van der Waals surface area contributed by atoms with Crippen molar-refractivity contribution in [2.45, 2.75) is 44.8 Å². The molecule has 0 saturated carbocycles. The van der Waals surface area contributed by atoms with E-state index in [1.165, 1.54) is 11.1 Å². The number of carbonyl (C=O) groups is 1. The number of benzene rings is 2. The summed E-state index contributed by atoms with van der Waals surface area (Å²) in [7, 11) is 0. The Balaban J connectivity index is 1.64. The molecular formula is C23H22F3N3O. The van der Waals surface area contributed by atoms with Gasteiger partial charge in [0.1, 0.15) is 5.41 Å². The number of nitrogens with zero attached hydrogens (tertiary/aromatic N) is 3. The Hall–Kier alpha value is -2.83. The molecule has 3 heterocycles. The maximum atomic E-state index is 13.8. The van der Waals surface area contributed by atoms with Crippen molar-refractivity contribution in [1.29, 1.82) is 0 Å². The number of amides is 1. The average Bonchev–Trinajstić information content (AvgIpc) is 2.99. The third-order valence-electron chi connectivity index (χ3n) is 6.73. The van der Waals surface area contributed by atoms with Gasteiger partial charge in [-0.2, -0.15) is 23.3 Å². The van der Waals surface area contributed by atoms with Gasteiger partial charge in [-0.15, -0.1) is 0 Å². The molecule has 5 rings (SSSR count). The van der Waals surface area contributed by atoms with Crippen LogP contribution in [-0.2, 0) is 17.4 Å². The Morgan fingerprint density at radius 2 is 1.87 bits per heavy atom. The topological polar surface area (TPSA) is 35.9 Å². The number of rotatable bonds is 1. The molecule has 4 nitrogen and oxygen atoms in total. The summed E-state index contributed by atoms with van der Waals surface area (Å²) in [4.78, 5) is 15.9. The van der Waals surface area contributed by atoms with Crippen LogP contribution in [0.15, 0.2) is 53.6 Å². The van der Waals surface area contributed by atoms with Crippen LogP contribution < -0.4 is 9.91 Å². The molecule has 0 bridgehead atoms. The Bertz CT molecular complexity index is 1030. The first-order valence-corrected chi connectivity index (χ1v) is 10.2. The largest absolute Gasteiger partial charge is 0.416 e. The molecule has 156 valence electrons. The van der Waals surface area contributed by atoms with E-state index in [2.05, 4.69) is 10.0 Å². The van der Waals surface area contributed by atoms with Crippen molar-refractivity contribution >= 4 is 23.0 Å². The van der Waals surface area contributed by atoms with E-state index in [0.717, 1.165) is 37.6 Å². The number of halogens is 3. The molecule has 2 aromatic carbocycles. The minimum atomic E-state index is -4.42. The molecule has 0 aromatic heterocycles. The van der Waals surface area contributed by atoms with E-state index in [1.807, 2.05) is 37.3 Å². The summed E-state index contributed by atoms with van der Waals surface area (Å²) in [5.41, 5.74) is 1.13. The molecule has 2 aromatic rings. The summed E-state index contributed by atoms with van der Waals surface area (Å²) in [6.07, 6.45) is -1.41. The third-order valence-corrected chi connectivity index (χ3v) is 6.73. The molecule has 1 fully saturated rings. The van der Waals surface area contributed by atoms with Crippen molar-refractivity contribution in [2.75, 3.05) is 16.5 Å². The normalized spacial score (nSPS) is 25.9. The van der Waals surface area contributed by atoms with Gasteiger partial charge in [-0.3, -0.25) is 4.79 Å². The van der Waals surface area contributed by atoms with Crippen LogP contribution in [0.4, 0.5) is 24.5 Å². The van der Waals surface area contributed by atoms with E-state index in [4.69, 9.17) is 0 Å². The van der Waals surface area contributed by atoms with Gasteiger partial charge in [0.05, 0.1) is 17.0 Å². The first-order valence-electron chi connectivity index (χ1n) is 10.2. The van der Waals surface area contributed by atoms with Crippen molar-refractivity contribution in [3.63, 3.8) is 0 Å². The fraction of sp³-hybridized carbons (Fsp3) is 0.391. The van der Waals surface area contributed by atoms with Gasteiger partial charge in [0.15, 0.2) is 0 Å². The number of hydrogen-bond donors (Lipinski definition) is 0. The van der Waals surface area contributed by atoms with Gasteiger partial charge in [-0.25, -0.2) is 0 Å². The van der Waals surface area contributed by atoms with Crippen molar-refractivity contribution in [3.8, 4) is 0 Å². The molecule has 2 unspecified atom stereocenters. The zero-order valence-corrected chi connectivity index (χ0v) is 16.6. The molecular weight excluding hydrogens is 391 g/mol. The molecule has 1 saturated heterocycles. The number of fused-ring (bicyclic) bond motifs is 4. The first-order chi connectivity index (χ1) is 14.3. The number of anilines is 2. The van der Waals surface area contributed by atoms with Gasteiger partial charge in [0, 0.05) is 18.3 Å². The van der Waals surface area contributed by atoms with Crippen molar-refractivity contribution in [3.05, 3.63) is 59.7 Å². The first kappa shape index (κ1) is 19.2. The number of carbonyl (C=O) groups excluding carboxylic acids is 1. The lowest BCUT2D eigenvalue weighted by Crippen LogP contribution is -2.61. The fourth-order valence-corrected chi connectivity index (χ4v) is 5.29. The van der Waals surface area contributed by atoms with Crippen LogP contribution in [0.25, 0.3) is 0 Å². The quantitative estimate of drug-likeness (QED) is 0.658. The molecule has 3 aliphatic rings. The lowest BCUT2D eigenvalue weighted by Gasteiger charge is -2.51. The van der Waals surface area contributed by atoms with Gasteiger partial charge < -0.3 is 4.90 Å². The molecule has 2 atom stereocenters. The number of hydrogen-bond acceptors (Lipinski definition) is 3. The molecule has 1 amide bonds. The number of hydrazone groups is 1. The highest BCUT2D eigenvalue weighted by Gasteiger charge is 2.59. The van der Waals surface area contributed by atoms with E-state index < -0.39 is 17.2 Å². The van der Waals surface area contributed by atoms with Crippen LogP contribution in [0.1, 0.15) is 37.3 Å². The SMILES string of the molecule is CC1=NN(c2ccccc2)C(=O)C12Cc1cc(C(F)(F)F)ccc1N1CCCCC12. The predicted molar refractivity (Wildman–Crippen MR) is 110 cm³/mol. The smallest absolute Gasteiger partial charge is 0.367 e. The number of piperidine rings is 1. The Kier molecular flexibility index (Phi) is 4.21. The second kappa shape index (κ2) is 6.59. The van der Waals surface area contributed by atoms with Crippen LogP contribution in [0.3, 0.4) is 0 Å². The zero-order chi connectivity index (χ0) is 21.1. The van der Waals surface area contributed by atoms with Gasteiger partial charge in [0.2, 0.25) is 0 Å². The number of para-hydroxylation sites is 1. The van der Waals surface area contributed by atoms with Gasteiger partial charge in [-0.05, 0) is 68.5 Å². The van der Waals surface area contributed by atoms with E-state index in [-0.39, 0.29) is 18.4 Å². The summed E-state index contributed by atoms with van der Waals surface area (Å²) >= 11 is 0. The molecule has 1 spiro atoms. The van der Waals surface area contributed by atoms with Crippen molar-refractivity contribution < 1.29 is 18.0 Å². The van der Waals surface area contributed by atoms with Gasteiger partial charge in [-0.1, -0.05) is 18.2 Å². The Morgan fingerprint density at radius 1 is 1.10 bits per heavy atom. The van der Waals surface area contributed by atoms with Crippen LogP contribution in [0, 0.1) is 5.41 Å². The Labute approximate surface area is 173 Å². The number of alkyl halides is 3. The van der Waals surface area contributed by atoms with Crippen LogP contribution >= 0.6 is 0 Å². The van der Waals surface area contributed by atoms with E-state index in [9.17, 15) is 18.0 Å². The summed E-state index contributed by atoms with van der Waals surface area (Å²) < 4.78 is 40.2. The highest BCUT2D eigenvalue weighted by atomic mass is 19.4. The Morgan fingerprint density at radius 3 is 2.60 bits per heavy atom. The molecule has 7 heteroatoms. The zero-order valence-electron chi connectivity index (χ0n) is 16.6. The minimum Gasteiger partial charge on any atom is -0.367 e. The summed E-state index contributed by atoms with van der Waals surface area (Å²) in [6, 6.07) is 13.0. The molecule has 0 aliphatic carbocycles. The highest BCUT2D eigenvalue weighted by molar-refractivity contribution is 6.20. The highest BCUT2D eigenvalue weighted by Crippen LogP contribution is 2.50. The van der Waals surface area contributed by atoms with Crippen molar-refractivity contribution in [2.24, 2.45) is 10.5 Å². The maximum absolute atomic E-state index is 13.8. The lowest BCUT2D eigenvalue weighted by molar-refractivity contribution is -0.137. The predicted octanol–water partition coefficient (Wildman–Crippen LogP) is 5.03. The standard InChI is InChI=1S/C23H22F3N3O/c1-15-22(21(30)29(27-15)18-7-3-2-4-8-18)14-16-13-17(23(24,25)26)10-11-19(16)28-12-6-5-9-20(22)28/h2-4,7-8,10-11,13,20H,5-6,9,12,14H2,1H3. The van der Waals surface area contributed by atoms with Crippen LogP contribution in [-0.4, -0.2) is 24.2 Å². The lowest BCUT2D eigenvalue weighted by atomic mass is 9.65. The fourth-order valence-electron chi connectivity index (χ4n) is 5.29. The molecule has 0 radical (unpaired) electrons. The van der Waals surface area contributed by atoms with Crippen molar-refractivity contribution in [1.82, 2.24) is 0 Å². The van der Waals surface area contributed by atoms with Crippen LogP contribution in [0.5, 0.6) is 0 Å². The molecule has 0 N–H and O–H groups in total. The molecule has 30 heavy (non-hydrogen) atoms. The van der Waals surface area contributed by atoms with Gasteiger partial charge >= 0.3 is 6.18 Å². The summed E-state index contributed by atoms with van der Waals surface area (Å²) in [5.74, 6) is -0.147. The average molecular weight is 413 g/mol. The van der Waals surface area contributed by atoms with Crippen LogP contribution in [0.2, 0.25) is 0 Å². The third kappa shape index (κ3) is 2.67. The molecule has 3 aliphatic heterocycles. The summed E-state index contributed by atoms with van der Waals surface area (Å²) in [6.45, 7) is 2.57. The minimum absolute atomic E-state index is 0.0968. The van der Waals surface area contributed by atoms with E-state index in [1.54, 1.807) is 6.07 Å². The van der Waals surface area contributed by atoms with E-state index in [0.29, 0.717) is 17.0 Å². The van der Waals surface area contributed by atoms with E-state index >= 15 is 0 Å². The summed E-state index contributed by atoms with van der Waals surface area (Å²) in [5, 5.41) is 6.03. The maximum Gasteiger partial charge on any atom is 0.416 e. The second-order valence-electron chi connectivity index (χ2n) is 8.33. The monoisotopic (exact) mass is 413 g/mol. The van der Waals surface area contributed by atoms with Gasteiger partial charge in [0.25, 0.3) is 5.91 Å².